The average Bonchev–Trinajstić information content (AvgIpc) is 3.26. The number of aliphatic hydroxyl groups excluding tert-OH is 1. The second kappa shape index (κ2) is 10.7. The van der Waals surface area contributed by atoms with Gasteiger partial charge in [0, 0.05) is 16.8 Å². The van der Waals surface area contributed by atoms with E-state index in [0.717, 1.165) is 53.6 Å². The fourth-order valence-corrected chi connectivity index (χ4v) is 4.64. The van der Waals surface area contributed by atoms with Crippen LogP contribution in [0.4, 0.5) is 4.39 Å². The molecule has 33 heavy (non-hydrogen) atoms. The summed E-state index contributed by atoms with van der Waals surface area (Å²) in [5.41, 5.74) is 4.32. The topological polar surface area (TPSA) is 34.4 Å². The summed E-state index contributed by atoms with van der Waals surface area (Å²) in [6, 6.07) is 25.1. The lowest BCUT2D eigenvalue weighted by molar-refractivity contribution is 0.122. The Bertz CT molecular complexity index is 1160. The third kappa shape index (κ3) is 5.12. The van der Waals surface area contributed by atoms with Gasteiger partial charge in [-0.1, -0.05) is 50.2 Å². The number of aliphatic hydroxyl groups is 1. The van der Waals surface area contributed by atoms with E-state index < -0.39 is 0 Å². The first-order valence-electron chi connectivity index (χ1n) is 11.9. The van der Waals surface area contributed by atoms with Crippen molar-refractivity contribution in [2.24, 2.45) is 0 Å². The summed E-state index contributed by atoms with van der Waals surface area (Å²) >= 11 is 0. The molecule has 3 nitrogen and oxygen atoms in total. The minimum Gasteiger partial charge on any atom is -0.488 e. The zero-order valence-electron chi connectivity index (χ0n) is 19.4. The second-order valence-electron chi connectivity index (χ2n) is 8.35. The van der Waals surface area contributed by atoms with Gasteiger partial charge in [-0.2, -0.15) is 0 Å². The van der Waals surface area contributed by atoms with E-state index >= 15 is 0 Å². The number of halogens is 1. The summed E-state index contributed by atoms with van der Waals surface area (Å²) in [7, 11) is 0. The molecule has 1 heterocycles. The summed E-state index contributed by atoms with van der Waals surface area (Å²) in [4.78, 5) is 0. The van der Waals surface area contributed by atoms with E-state index in [0.29, 0.717) is 12.5 Å². The largest absolute Gasteiger partial charge is 0.488 e. The van der Waals surface area contributed by atoms with Crippen molar-refractivity contribution < 1.29 is 14.2 Å². The molecule has 4 heteroatoms. The van der Waals surface area contributed by atoms with Crippen molar-refractivity contribution >= 4 is 10.9 Å². The lowest BCUT2D eigenvalue weighted by atomic mass is 9.85. The number of ether oxygens (including phenoxy) is 1. The van der Waals surface area contributed by atoms with E-state index in [2.05, 4.69) is 28.8 Å². The van der Waals surface area contributed by atoms with Gasteiger partial charge >= 0.3 is 0 Å². The summed E-state index contributed by atoms with van der Waals surface area (Å²) in [6.07, 6.45) is 3.31. The molecule has 0 saturated heterocycles. The highest BCUT2D eigenvalue weighted by Crippen LogP contribution is 2.40. The van der Waals surface area contributed by atoms with E-state index in [9.17, 15) is 9.50 Å². The average molecular weight is 446 g/mol. The molecule has 1 aliphatic carbocycles. The third-order valence-electron chi connectivity index (χ3n) is 6.27. The third-order valence-corrected chi connectivity index (χ3v) is 6.27. The van der Waals surface area contributed by atoms with Crippen LogP contribution in [0.5, 0.6) is 5.75 Å². The maximum absolute atomic E-state index is 13.6. The molecule has 1 N–H and O–H groups in total. The Hall–Kier alpha value is -3.11. The Balaban J connectivity index is 0.00000126. The van der Waals surface area contributed by atoms with Crippen molar-refractivity contribution in [1.82, 2.24) is 4.57 Å². The van der Waals surface area contributed by atoms with Gasteiger partial charge in [-0.05, 0) is 79.6 Å². The Morgan fingerprint density at radius 1 is 0.879 bits per heavy atom. The van der Waals surface area contributed by atoms with Crippen molar-refractivity contribution in [3.63, 3.8) is 0 Å². The van der Waals surface area contributed by atoms with Crippen LogP contribution in [0.3, 0.4) is 0 Å². The first kappa shape index (κ1) is 23.1. The van der Waals surface area contributed by atoms with Gasteiger partial charge in [-0.25, -0.2) is 4.39 Å². The van der Waals surface area contributed by atoms with Crippen LogP contribution in [0, 0.1) is 5.82 Å². The monoisotopic (exact) mass is 445 g/mol. The van der Waals surface area contributed by atoms with E-state index in [1.165, 1.54) is 17.8 Å². The number of nitrogens with zero attached hydrogens (tertiary/aromatic N) is 1. The fourth-order valence-electron chi connectivity index (χ4n) is 4.64. The molecule has 5 rings (SSSR count). The molecule has 1 aromatic heterocycles. The molecular formula is C29H32FNO2. The number of hydrogen-bond acceptors (Lipinski definition) is 2. The molecule has 0 amide bonds. The molecule has 1 aliphatic rings. The SMILES string of the molecule is CC.OC1CCC(c2cc3c(OCc4ccccc4)cccc3n2-c2ccc(F)cc2)CC1. The van der Waals surface area contributed by atoms with Crippen LogP contribution < -0.4 is 4.74 Å². The van der Waals surface area contributed by atoms with Crippen LogP contribution >= 0.6 is 0 Å². The molecule has 0 unspecified atom stereocenters. The van der Waals surface area contributed by atoms with Crippen LogP contribution in [0.15, 0.2) is 78.9 Å². The van der Waals surface area contributed by atoms with Crippen LogP contribution in [0.2, 0.25) is 0 Å². The van der Waals surface area contributed by atoms with Crippen molar-refractivity contribution in [2.75, 3.05) is 0 Å². The smallest absolute Gasteiger partial charge is 0.129 e. The van der Waals surface area contributed by atoms with E-state index in [1.807, 2.05) is 56.3 Å². The van der Waals surface area contributed by atoms with Gasteiger partial charge in [0.1, 0.15) is 18.2 Å². The van der Waals surface area contributed by atoms with Crippen molar-refractivity contribution in [1.29, 1.82) is 0 Å². The lowest BCUT2D eigenvalue weighted by Gasteiger charge is -2.26. The van der Waals surface area contributed by atoms with E-state index in [-0.39, 0.29) is 11.9 Å². The molecule has 4 aromatic rings. The van der Waals surface area contributed by atoms with Gasteiger partial charge in [0.2, 0.25) is 0 Å². The minimum absolute atomic E-state index is 0.204. The predicted molar refractivity (Wildman–Crippen MR) is 133 cm³/mol. The summed E-state index contributed by atoms with van der Waals surface area (Å²) in [5, 5.41) is 11.0. The second-order valence-corrected chi connectivity index (χ2v) is 8.35. The Kier molecular flexibility index (Phi) is 7.46. The molecule has 3 aromatic carbocycles. The van der Waals surface area contributed by atoms with Crippen LogP contribution in [-0.4, -0.2) is 15.8 Å². The molecule has 1 fully saturated rings. The zero-order valence-corrected chi connectivity index (χ0v) is 19.4. The standard InChI is InChI=1S/C27H26FNO2.C2H6/c28-21-11-13-22(14-12-21)29-25-7-4-8-27(31-18-19-5-2-1-3-6-19)24(25)17-26(29)20-9-15-23(30)16-10-20;1-2/h1-8,11-14,17,20,23,30H,9-10,15-16,18H2;1-2H3. The normalized spacial score (nSPS) is 17.9. The number of hydrogen-bond donors (Lipinski definition) is 1. The van der Waals surface area contributed by atoms with Crippen molar-refractivity contribution in [3.8, 4) is 11.4 Å². The first-order valence-corrected chi connectivity index (χ1v) is 11.9. The molecule has 0 aliphatic heterocycles. The van der Waals surface area contributed by atoms with E-state index in [1.54, 1.807) is 0 Å². The van der Waals surface area contributed by atoms with Gasteiger partial charge in [-0.15, -0.1) is 0 Å². The highest BCUT2D eigenvalue weighted by atomic mass is 19.1. The van der Waals surface area contributed by atoms with Crippen molar-refractivity contribution in [2.45, 2.75) is 58.2 Å². The minimum atomic E-state index is -0.241. The van der Waals surface area contributed by atoms with E-state index in [4.69, 9.17) is 4.74 Å². The van der Waals surface area contributed by atoms with Crippen LogP contribution in [-0.2, 0) is 6.61 Å². The molecule has 0 bridgehead atoms. The Morgan fingerprint density at radius 3 is 2.27 bits per heavy atom. The Labute approximate surface area is 195 Å². The zero-order chi connectivity index (χ0) is 23.2. The Morgan fingerprint density at radius 2 is 1.58 bits per heavy atom. The fraction of sp³-hybridized carbons (Fsp3) is 0.310. The predicted octanol–water partition coefficient (Wildman–Crippen LogP) is 7.39. The van der Waals surface area contributed by atoms with Gasteiger partial charge in [-0.3, -0.25) is 0 Å². The molecule has 0 radical (unpaired) electrons. The number of aromatic nitrogens is 1. The van der Waals surface area contributed by atoms with Gasteiger partial charge < -0.3 is 14.4 Å². The van der Waals surface area contributed by atoms with Crippen molar-refractivity contribution in [3.05, 3.63) is 95.9 Å². The molecular weight excluding hydrogens is 413 g/mol. The number of rotatable bonds is 5. The quantitative estimate of drug-likeness (QED) is 0.347. The van der Waals surface area contributed by atoms with Gasteiger partial charge in [0.15, 0.2) is 0 Å². The summed E-state index contributed by atoms with van der Waals surface area (Å²) < 4.78 is 22.1. The molecule has 1 saturated carbocycles. The molecule has 172 valence electrons. The maximum atomic E-state index is 13.6. The van der Waals surface area contributed by atoms with Gasteiger partial charge in [0.05, 0.1) is 11.6 Å². The number of fused-ring (bicyclic) bond motifs is 1. The van der Waals surface area contributed by atoms with Crippen LogP contribution in [0.1, 0.15) is 56.7 Å². The molecule has 0 atom stereocenters. The first-order chi connectivity index (χ1) is 16.2. The van der Waals surface area contributed by atoms with Gasteiger partial charge in [0.25, 0.3) is 0 Å². The number of benzene rings is 3. The maximum Gasteiger partial charge on any atom is 0.129 e. The molecule has 0 spiro atoms. The highest BCUT2D eigenvalue weighted by molar-refractivity contribution is 5.89. The van der Waals surface area contributed by atoms with Crippen LogP contribution in [0.25, 0.3) is 16.6 Å². The lowest BCUT2D eigenvalue weighted by Crippen LogP contribution is -2.18. The summed E-state index contributed by atoms with van der Waals surface area (Å²) in [6.45, 7) is 4.51. The summed E-state index contributed by atoms with van der Waals surface area (Å²) in [5.74, 6) is 0.955. The highest BCUT2D eigenvalue weighted by Gasteiger charge is 2.25.